The van der Waals surface area contributed by atoms with Gasteiger partial charge in [0.15, 0.2) is 5.78 Å². The number of nitrogens with two attached hydrogens (primary N) is 1. The molecule has 0 saturated carbocycles. The van der Waals surface area contributed by atoms with E-state index >= 15 is 0 Å². The number of primary amides is 1. The average Bonchev–Trinajstić information content (AvgIpc) is 2.40. The summed E-state index contributed by atoms with van der Waals surface area (Å²) in [7, 11) is 0. The summed E-state index contributed by atoms with van der Waals surface area (Å²) < 4.78 is 0. The zero-order valence-electron chi connectivity index (χ0n) is 11.3. The number of hydrogen-bond donors (Lipinski definition) is 1. The molecule has 4 heteroatoms. The Balaban J connectivity index is 1.87. The average molecular weight is 260 g/mol. The summed E-state index contributed by atoms with van der Waals surface area (Å²) in [6, 6.07) is 7.64. The van der Waals surface area contributed by atoms with Gasteiger partial charge in [0.25, 0.3) is 0 Å². The number of rotatable bonds is 4. The highest BCUT2D eigenvalue weighted by Gasteiger charge is 2.24. The lowest BCUT2D eigenvalue weighted by Gasteiger charge is -2.29. The number of carbonyl (C=O) groups excluding carboxylic acids is 2. The predicted molar refractivity (Wildman–Crippen MR) is 73.9 cm³/mol. The van der Waals surface area contributed by atoms with Gasteiger partial charge in [-0.3, -0.25) is 14.5 Å². The molecule has 102 valence electrons. The van der Waals surface area contributed by atoms with Crippen molar-refractivity contribution >= 4 is 11.7 Å². The Morgan fingerprint density at radius 3 is 2.32 bits per heavy atom. The Labute approximate surface area is 113 Å². The van der Waals surface area contributed by atoms with Crippen molar-refractivity contribution in [1.29, 1.82) is 0 Å². The zero-order valence-corrected chi connectivity index (χ0v) is 11.3. The highest BCUT2D eigenvalue weighted by molar-refractivity contribution is 5.97. The van der Waals surface area contributed by atoms with Gasteiger partial charge in [0, 0.05) is 11.5 Å². The van der Waals surface area contributed by atoms with E-state index in [1.807, 2.05) is 31.2 Å². The van der Waals surface area contributed by atoms with Crippen molar-refractivity contribution in [1.82, 2.24) is 4.90 Å². The van der Waals surface area contributed by atoms with Crippen LogP contribution in [0, 0.1) is 12.8 Å². The molecule has 1 amide bonds. The molecule has 0 aliphatic carbocycles. The van der Waals surface area contributed by atoms with Crippen molar-refractivity contribution in [2.75, 3.05) is 19.6 Å². The number of ketones is 1. The zero-order chi connectivity index (χ0) is 13.8. The molecule has 0 aromatic heterocycles. The number of aryl methyl sites for hydroxylation is 1. The van der Waals surface area contributed by atoms with Crippen molar-refractivity contribution in [3.63, 3.8) is 0 Å². The maximum absolute atomic E-state index is 12.1. The van der Waals surface area contributed by atoms with Crippen molar-refractivity contribution in [2.24, 2.45) is 11.7 Å². The summed E-state index contributed by atoms with van der Waals surface area (Å²) in [6.07, 6.45) is 1.52. The van der Waals surface area contributed by atoms with E-state index in [2.05, 4.69) is 4.90 Å². The summed E-state index contributed by atoms with van der Waals surface area (Å²) in [6.45, 7) is 3.97. The molecule has 1 aliphatic heterocycles. The Hall–Kier alpha value is -1.68. The number of nitrogens with zero attached hydrogens (tertiary/aromatic N) is 1. The van der Waals surface area contributed by atoms with Crippen LogP contribution in [0.1, 0.15) is 28.8 Å². The fourth-order valence-corrected chi connectivity index (χ4v) is 2.41. The van der Waals surface area contributed by atoms with E-state index < -0.39 is 0 Å². The SMILES string of the molecule is Cc1ccc(C(=O)CN2CCC(C(N)=O)CC2)cc1. The topological polar surface area (TPSA) is 63.4 Å². The first-order valence-electron chi connectivity index (χ1n) is 6.68. The molecule has 0 spiro atoms. The summed E-state index contributed by atoms with van der Waals surface area (Å²) in [4.78, 5) is 25.3. The van der Waals surface area contributed by atoms with Gasteiger partial charge < -0.3 is 5.73 Å². The molecule has 1 fully saturated rings. The molecule has 0 radical (unpaired) electrons. The van der Waals surface area contributed by atoms with Crippen molar-refractivity contribution in [2.45, 2.75) is 19.8 Å². The van der Waals surface area contributed by atoms with E-state index in [0.717, 1.165) is 37.1 Å². The predicted octanol–water partition coefficient (Wildman–Crippen LogP) is 1.38. The van der Waals surface area contributed by atoms with Crippen LogP contribution < -0.4 is 5.73 Å². The van der Waals surface area contributed by atoms with Gasteiger partial charge >= 0.3 is 0 Å². The van der Waals surface area contributed by atoms with Crippen LogP contribution >= 0.6 is 0 Å². The van der Waals surface area contributed by atoms with Crippen LogP contribution in [0.4, 0.5) is 0 Å². The van der Waals surface area contributed by atoms with Crippen molar-refractivity contribution in [3.8, 4) is 0 Å². The number of carbonyl (C=O) groups is 2. The molecule has 0 unspecified atom stereocenters. The second kappa shape index (κ2) is 5.97. The van der Waals surface area contributed by atoms with Crippen LogP contribution in [0.15, 0.2) is 24.3 Å². The fourth-order valence-electron chi connectivity index (χ4n) is 2.41. The minimum atomic E-state index is -0.218. The van der Waals surface area contributed by atoms with Gasteiger partial charge in [-0.05, 0) is 32.9 Å². The maximum atomic E-state index is 12.1. The largest absolute Gasteiger partial charge is 0.369 e. The van der Waals surface area contributed by atoms with Crippen LogP contribution in [-0.4, -0.2) is 36.2 Å². The lowest BCUT2D eigenvalue weighted by Crippen LogP contribution is -2.40. The second-order valence-corrected chi connectivity index (χ2v) is 5.24. The van der Waals surface area contributed by atoms with Gasteiger partial charge in [0.1, 0.15) is 0 Å². The Bertz CT molecular complexity index is 460. The first-order valence-corrected chi connectivity index (χ1v) is 6.68. The van der Waals surface area contributed by atoms with Crippen LogP contribution in [0.2, 0.25) is 0 Å². The number of likely N-dealkylation sites (tertiary alicyclic amines) is 1. The number of Topliss-reactive ketones (excluding diaryl/α,β-unsaturated/α-hetero) is 1. The molecule has 1 aliphatic rings. The smallest absolute Gasteiger partial charge is 0.220 e. The third kappa shape index (κ3) is 3.64. The van der Waals surface area contributed by atoms with Gasteiger partial charge in [0.05, 0.1) is 6.54 Å². The standard InChI is InChI=1S/C15H20N2O2/c1-11-2-4-12(5-3-11)14(18)10-17-8-6-13(7-9-17)15(16)19/h2-5,13H,6-10H2,1H3,(H2,16,19). The van der Waals surface area contributed by atoms with Crippen LogP contribution in [0.3, 0.4) is 0 Å². The molecule has 2 rings (SSSR count). The number of benzene rings is 1. The van der Waals surface area contributed by atoms with E-state index in [9.17, 15) is 9.59 Å². The number of piperidine rings is 1. The van der Waals surface area contributed by atoms with Crippen LogP contribution in [-0.2, 0) is 4.79 Å². The van der Waals surface area contributed by atoms with Gasteiger partial charge in [-0.1, -0.05) is 29.8 Å². The summed E-state index contributed by atoms with van der Waals surface area (Å²) in [5, 5.41) is 0. The monoisotopic (exact) mass is 260 g/mol. The van der Waals surface area contributed by atoms with E-state index in [4.69, 9.17) is 5.73 Å². The summed E-state index contributed by atoms with van der Waals surface area (Å²) in [5.41, 5.74) is 7.20. The molecule has 2 N–H and O–H groups in total. The van der Waals surface area contributed by atoms with Gasteiger partial charge in [-0.2, -0.15) is 0 Å². The van der Waals surface area contributed by atoms with Gasteiger partial charge in [-0.15, -0.1) is 0 Å². The fraction of sp³-hybridized carbons (Fsp3) is 0.467. The summed E-state index contributed by atoms with van der Waals surface area (Å²) >= 11 is 0. The highest BCUT2D eigenvalue weighted by Crippen LogP contribution is 2.17. The quantitative estimate of drug-likeness (QED) is 0.832. The van der Waals surface area contributed by atoms with Gasteiger partial charge in [0.2, 0.25) is 5.91 Å². The van der Waals surface area contributed by atoms with Crippen LogP contribution in [0.5, 0.6) is 0 Å². The molecule has 0 atom stereocenters. The molecule has 19 heavy (non-hydrogen) atoms. The van der Waals surface area contributed by atoms with Crippen molar-refractivity contribution in [3.05, 3.63) is 35.4 Å². The Morgan fingerprint density at radius 1 is 1.21 bits per heavy atom. The molecule has 1 saturated heterocycles. The minimum Gasteiger partial charge on any atom is -0.369 e. The van der Waals surface area contributed by atoms with Crippen molar-refractivity contribution < 1.29 is 9.59 Å². The molecule has 0 bridgehead atoms. The first kappa shape index (κ1) is 13.7. The molecule has 4 nitrogen and oxygen atoms in total. The minimum absolute atomic E-state index is 0.0225. The maximum Gasteiger partial charge on any atom is 0.220 e. The van der Waals surface area contributed by atoms with Crippen LogP contribution in [0.25, 0.3) is 0 Å². The molecule has 1 aromatic rings. The van der Waals surface area contributed by atoms with Gasteiger partial charge in [-0.25, -0.2) is 0 Å². The molecule has 1 aromatic carbocycles. The molecular formula is C15H20N2O2. The Kier molecular flexibility index (Phi) is 4.32. The molecular weight excluding hydrogens is 240 g/mol. The van der Waals surface area contributed by atoms with E-state index in [0.29, 0.717) is 6.54 Å². The normalized spacial score (nSPS) is 17.3. The third-order valence-corrected chi connectivity index (χ3v) is 3.73. The lowest BCUT2D eigenvalue weighted by molar-refractivity contribution is -0.123. The lowest BCUT2D eigenvalue weighted by atomic mass is 9.96. The number of amides is 1. The number of hydrogen-bond acceptors (Lipinski definition) is 3. The second-order valence-electron chi connectivity index (χ2n) is 5.24. The van der Waals surface area contributed by atoms with E-state index in [-0.39, 0.29) is 17.6 Å². The van der Waals surface area contributed by atoms with E-state index in [1.165, 1.54) is 0 Å². The Morgan fingerprint density at radius 2 is 1.79 bits per heavy atom. The van der Waals surface area contributed by atoms with E-state index in [1.54, 1.807) is 0 Å². The third-order valence-electron chi connectivity index (χ3n) is 3.73. The summed E-state index contributed by atoms with van der Waals surface area (Å²) in [5.74, 6) is -0.104. The molecule has 1 heterocycles. The first-order chi connectivity index (χ1) is 9.06. The highest BCUT2D eigenvalue weighted by atomic mass is 16.1.